The van der Waals surface area contributed by atoms with Crippen LogP contribution in [0.1, 0.15) is 22.8 Å². The Balaban J connectivity index is 1.54. The molecule has 0 aliphatic rings. The van der Waals surface area contributed by atoms with E-state index in [0.717, 1.165) is 11.3 Å². The lowest BCUT2D eigenvalue weighted by molar-refractivity contribution is 0.0526. The van der Waals surface area contributed by atoms with Crippen LogP contribution in [0.15, 0.2) is 60.8 Å². The van der Waals surface area contributed by atoms with Gasteiger partial charge in [-0.05, 0) is 61.1 Å². The molecule has 0 saturated carbocycles. The van der Waals surface area contributed by atoms with Gasteiger partial charge in [0.2, 0.25) is 0 Å². The van der Waals surface area contributed by atoms with Gasteiger partial charge in [-0.2, -0.15) is 5.10 Å². The molecule has 2 aromatic carbocycles. The Kier molecular flexibility index (Phi) is 6.33. The fourth-order valence-corrected chi connectivity index (χ4v) is 2.70. The van der Waals surface area contributed by atoms with Crippen LogP contribution >= 0.6 is 12.2 Å². The molecule has 6 nitrogen and oxygen atoms in total. The number of nitrogens with one attached hydrogen (secondary N) is 2. The van der Waals surface area contributed by atoms with Crippen molar-refractivity contribution in [1.82, 2.24) is 9.78 Å². The smallest absolute Gasteiger partial charge is 0.338 e. The van der Waals surface area contributed by atoms with Gasteiger partial charge in [0.25, 0.3) is 0 Å². The number of halogens is 1. The van der Waals surface area contributed by atoms with Crippen LogP contribution in [0, 0.1) is 5.82 Å². The molecule has 0 amide bonds. The second-order valence-electron chi connectivity index (χ2n) is 5.90. The molecule has 28 heavy (non-hydrogen) atoms. The molecule has 1 aromatic heterocycles. The molecule has 0 aliphatic heterocycles. The minimum absolute atomic E-state index is 0.265. The van der Waals surface area contributed by atoms with Gasteiger partial charge in [-0.15, -0.1) is 0 Å². The lowest BCUT2D eigenvalue weighted by Crippen LogP contribution is -2.19. The van der Waals surface area contributed by atoms with Crippen molar-refractivity contribution < 1.29 is 13.9 Å². The van der Waals surface area contributed by atoms with Crippen molar-refractivity contribution in [3.05, 3.63) is 77.7 Å². The lowest BCUT2D eigenvalue weighted by atomic mass is 10.2. The topological polar surface area (TPSA) is 68.2 Å². The van der Waals surface area contributed by atoms with Crippen molar-refractivity contribution >= 4 is 34.8 Å². The van der Waals surface area contributed by atoms with Crippen molar-refractivity contribution in [2.24, 2.45) is 0 Å². The van der Waals surface area contributed by atoms with Crippen LogP contribution < -0.4 is 10.6 Å². The molecule has 0 saturated heterocycles. The van der Waals surface area contributed by atoms with E-state index in [4.69, 9.17) is 17.0 Å². The lowest BCUT2D eigenvalue weighted by Gasteiger charge is -2.09. The van der Waals surface area contributed by atoms with E-state index in [2.05, 4.69) is 15.7 Å². The third kappa shape index (κ3) is 5.37. The number of hydrogen-bond donors (Lipinski definition) is 2. The number of ether oxygens (including phenoxy) is 1. The van der Waals surface area contributed by atoms with Crippen LogP contribution in [0.25, 0.3) is 0 Å². The SMILES string of the molecule is CCOC(=O)c1ccc(NC(=S)Nc2ccn(Cc3ccc(F)cc3)n2)cc1. The van der Waals surface area contributed by atoms with Crippen molar-refractivity contribution in [3.63, 3.8) is 0 Å². The Morgan fingerprint density at radius 2 is 1.82 bits per heavy atom. The molecule has 0 bridgehead atoms. The first-order chi connectivity index (χ1) is 13.5. The van der Waals surface area contributed by atoms with Crippen LogP contribution in [0.5, 0.6) is 0 Å². The molecule has 0 radical (unpaired) electrons. The highest BCUT2D eigenvalue weighted by Gasteiger charge is 2.07. The number of carbonyl (C=O) groups excluding carboxylic acids is 1. The Labute approximate surface area is 167 Å². The first-order valence-electron chi connectivity index (χ1n) is 8.66. The molecule has 0 atom stereocenters. The number of nitrogens with zero attached hydrogens (tertiary/aromatic N) is 2. The van der Waals surface area contributed by atoms with Gasteiger partial charge < -0.3 is 15.4 Å². The minimum Gasteiger partial charge on any atom is -0.462 e. The molecular weight excluding hydrogens is 379 g/mol. The number of rotatable bonds is 6. The maximum absolute atomic E-state index is 13.0. The normalized spacial score (nSPS) is 10.4. The molecule has 8 heteroatoms. The molecular formula is C20H19FN4O2S. The summed E-state index contributed by atoms with van der Waals surface area (Å²) in [5.41, 5.74) is 2.15. The Morgan fingerprint density at radius 3 is 2.50 bits per heavy atom. The summed E-state index contributed by atoms with van der Waals surface area (Å²) < 4.78 is 19.7. The first-order valence-corrected chi connectivity index (χ1v) is 9.07. The average Bonchev–Trinajstić information content (AvgIpc) is 3.11. The molecule has 2 N–H and O–H groups in total. The zero-order valence-corrected chi connectivity index (χ0v) is 16.0. The predicted molar refractivity (Wildman–Crippen MR) is 110 cm³/mol. The summed E-state index contributed by atoms with van der Waals surface area (Å²) in [6.07, 6.45) is 1.81. The Bertz CT molecular complexity index is 955. The number of carbonyl (C=O) groups is 1. The number of benzene rings is 2. The van der Waals surface area contributed by atoms with E-state index in [1.54, 1.807) is 54.1 Å². The number of thiocarbonyl (C=S) groups is 1. The van der Waals surface area contributed by atoms with Crippen molar-refractivity contribution in [2.75, 3.05) is 17.2 Å². The summed E-state index contributed by atoms with van der Waals surface area (Å²) in [6, 6.07) is 14.9. The third-order valence-corrected chi connectivity index (χ3v) is 4.00. The predicted octanol–water partition coefficient (Wildman–Crippen LogP) is 4.06. The minimum atomic E-state index is -0.360. The number of hydrogen-bond acceptors (Lipinski definition) is 4. The van der Waals surface area contributed by atoms with Gasteiger partial charge in [-0.3, -0.25) is 4.68 Å². The zero-order chi connectivity index (χ0) is 19.9. The van der Waals surface area contributed by atoms with Crippen LogP contribution in [0.4, 0.5) is 15.9 Å². The summed E-state index contributed by atoms with van der Waals surface area (Å²) in [5.74, 6) is -0.0394. The summed E-state index contributed by atoms with van der Waals surface area (Å²) in [7, 11) is 0. The quantitative estimate of drug-likeness (QED) is 0.482. The van der Waals surface area contributed by atoms with E-state index in [0.29, 0.717) is 29.6 Å². The molecule has 0 spiro atoms. The maximum Gasteiger partial charge on any atom is 0.338 e. The fraction of sp³-hybridized carbons (Fsp3) is 0.150. The van der Waals surface area contributed by atoms with E-state index >= 15 is 0 Å². The third-order valence-electron chi connectivity index (χ3n) is 3.79. The van der Waals surface area contributed by atoms with Crippen LogP contribution in [0.3, 0.4) is 0 Å². The van der Waals surface area contributed by atoms with Gasteiger partial charge in [0.1, 0.15) is 5.82 Å². The molecule has 0 aliphatic carbocycles. The largest absolute Gasteiger partial charge is 0.462 e. The van der Waals surface area contributed by atoms with Gasteiger partial charge in [0.15, 0.2) is 10.9 Å². The second kappa shape index (κ2) is 9.09. The summed E-state index contributed by atoms with van der Waals surface area (Å²) in [4.78, 5) is 11.7. The molecule has 3 rings (SSSR count). The van der Waals surface area contributed by atoms with E-state index in [9.17, 15) is 9.18 Å². The van der Waals surface area contributed by atoms with E-state index in [1.807, 2.05) is 6.20 Å². The van der Waals surface area contributed by atoms with Gasteiger partial charge in [-0.1, -0.05) is 12.1 Å². The van der Waals surface area contributed by atoms with Crippen LogP contribution in [-0.4, -0.2) is 27.5 Å². The Morgan fingerprint density at radius 1 is 1.11 bits per heavy atom. The molecule has 1 heterocycles. The van der Waals surface area contributed by atoms with Crippen LogP contribution in [0.2, 0.25) is 0 Å². The molecule has 0 fully saturated rings. The zero-order valence-electron chi connectivity index (χ0n) is 15.2. The van der Waals surface area contributed by atoms with Crippen molar-refractivity contribution in [1.29, 1.82) is 0 Å². The summed E-state index contributed by atoms with van der Waals surface area (Å²) in [5, 5.41) is 10.8. The standard InChI is InChI=1S/C20H19FN4O2S/c1-2-27-19(26)15-5-9-17(10-6-15)22-20(28)23-18-11-12-25(24-18)13-14-3-7-16(21)8-4-14/h3-12H,2,13H2,1H3,(H2,22,23,24,28). The average molecular weight is 398 g/mol. The second-order valence-corrected chi connectivity index (χ2v) is 6.31. The highest BCUT2D eigenvalue weighted by Crippen LogP contribution is 2.12. The Hall–Kier alpha value is -3.26. The van der Waals surface area contributed by atoms with Crippen molar-refractivity contribution in [2.45, 2.75) is 13.5 Å². The molecule has 0 unspecified atom stereocenters. The van der Waals surface area contributed by atoms with Crippen molar-refractivity contribution in [3.8, 4) is 0 Å². The van der Waals surface area contributed by atoms with Gasteiger partial charge in [0.05, 0.1) is 18.7 Å². The monoisotopic (exact) mass is 398 g/mol. The highest BCUT2D eigenvalue weighted by atomic mass is 32.1. The van der Waals surface area contributed by atoms with E-state index < -0.39 is 0 Å². The highest BCUT2D eigenvalue weighted by molar-refractivity contribution is 7.80. The molecule has 3 aromatic rings. The van der Waals surface area contributed by atoms with Gasteiger partial charge in [0, 0.05) is 18.0 Å². The summed E-state index contributed by atoms with van der Waals surface area (Å²) >= 11 is 5.29. The van der Waals surface area contributed by atoms with Gasteiger partial charge in [-0.25, -0.2) is 9.18 Å². The van der Waals surface area contributed by atoms with Gasteiger partial charge >= 0.3 is 5.97 Å². The fourth-order valence-electron chi connectivity index (χ4n) is 2.48. The number of aromatic nitrogens is 2. The first kappa shape index (κ1) is 19.5. The number of anilines is 2. The molecule has 144 valence electrons. The van der Waals surface area contributed by atoms with E-state index in [-0.39, 0.29) is 11.8 Å². The maximum atomic E-state index is 13.0. The van der Waals surface area contributed by atoms with E-state index in [1.165, 1.54) is 12.1 Å². The number of esters is 1. The van der Waals surface area contributed by atoms with Crippen LogP contribution in [-0.2, 0) is 11.3 Å². The summed E-state index contributed by atoms with van der Waals surface area (Å²) in [6.45, 7) is 2.62.